The zero-order valence-corrected chi connectivity index (χ0v) is 14.5. The lowest BCUT2D eigenvalue weighted by Gasteiger charge is -2.21. The van der Waals surface area contributed by atoms with Crippen LogP contribution in [0.3, 0.4) is 0 Å². The topological polar surface area (TPSA) is 75.7 Å². The van der Waals surface area contributed by atoms with Crippen LogP contribution >= 0.6 is 0 Å². The molecule has 0 bridgehead atoms. The van der Waals surface area contributed by atoms with Crippen LogP contribution in [-0.2, 0) is 14.3 Å². The van der Waals surface area contributed by atoms with Gasteiger partial charge in [0.1, 0.15) is 5.82 Å². The van der Waals surface area contributed by atoms with Crippen LogP contribution < -0.4 is 10.2 Å². The van der Waals surface area contributed by atoms with Gasteiger partial charge in [0.25, 0.3) is 0 Å². The highest BCUT2D eigenvalue weighted by Crippen LogP contribution is 2.18. The molecule has 0 heterocycles. The molecule has 0 unspecified atom stereocenters. The second-order valence-corrected chi connectivity index (χ2v) is 5.48. The van der Waals surface area contributed by atoms with Gasteiger partial charge < -0.3 is 15.0 Å². The number of anilines is 2. The monoisotopic (exact) mass is 358 g/mol. The fraction of sp³-hybridized carbons (Fsp3) is 0.211. The summed E-state index contributed by atoms with van der Waals surface area (Å²) in [5, 5.41) is 2.64. The third-order valence-electron chi connectivity index (χ3n) is 3.69. The third kappa shape index (κ3) is 4.89. The molecule has 0 radical (unpaired) electrons. The van der Waals surface area contributed by atoms with E-state index in [0.29, 0.717) is 11.4 Å². The number of hydrogen-bond acceptors (Lipinski definition) is 4. The van der Waals surface area contributed by atoms with Crippen LogP contribution in [0, 0.1) is 5.82 Å². The second kappa shape index (κ2) is 8.75. The van der Waals surface area contributed by atoms with E-state index in [2.05, 4.69) is 10.1 Å². The average molecular weight is 358 g/mol. The fourth-order valence-electron chi connectivity index (χ4n) is 2.40. The Hall–Kier alpha value is -3.22. The quantitative estimate of drug-likeness (QED) is 0.806. The molecule has 0 saturated heterocycles. The summed E-state index contributed by atoms with van der Waals surface area (Å²) >= 11 is 0. The maximum atomic E-state index is 13.0. The van der Waals surface area contributed by atoms with E-state index in [-0.39, 0.29) is 30.3 Å². The van der Waals surface area contributed by atoms with E-state index in [9.17, 15) is 18.8 Å². The van der Waals surface area contributed by atoms with Crippen molar-refractivity contribution in [1.82, 2.24) is 0 Å². The van der Waals surface area contributed by atoms with E-state index in [1.165, 1.54) is 43.2 Å². The predicted octanol–water partition coefficient (Wildman–Crippen LogP) is 2.99. The number of nitrogens with zero attached hydrogens (tertiary/aromatic N) is 1. The fourth-order valence-corrected chi connectivity index (χ4v) is 2.40. The highest BCUT2D eigenvalue weighted by Gasteiger charge is 2.16. The molecule has 1 N–H and O–H groups in total. The van der Waals surface area contributed by atoms with Crippen molar-refractivity contribution >= 4 is 29.2 Å². The number of ether oxygens (including phenoxy) is 1. The van der Waals surface area contributed by atoms with E-state index in [4.69, 9.17) is 0 Å². The number of methoxy groups -OCH3 is 1. The summed E-state index contributed by atoms with van der Waals surface area (Å²) in [6.45, 7) is 1.49. The number of carbonyl (C=O) groups excluding carboxylic acids is 3. The van der Waals surface area contributed by atoms with Gasteiger partial charge in [0.15, 0.2) is 0 Å². The summed E-state index contributed by atoms with van der Waals surface area (Å²) in [6, 6.07) is 11.9. The lowest BCUT2D eigenvalue weighted by atomic mass is 10.1. The minimum absolute atomic E-state index is 0.00641. The van der Waals surface area contributed by atoms with Crippen LogP contribution in [0.4, 0.5) is 15.8 Å². The van der Waals surface area contributed by atoms with Crippen molar-refractivity contribution in [2.75, 3.05) is 23.9 Å². The number of para-hydroxylation sites is 1. The molecule has 2 amide bonds. The minimum Gasteiger partial charge on any atom is -0.465 e. The lowest BCUT2D eigenvalue weighted by Crippen LogP contribution is -2.32. The molecule has 0 atom stereocenters. The van der Waals surface area contributed by atoms with Crippen molar-refractivity contribution in [1.29, 1.82) is 0 Å². The molecule has 0 aliphatic rings. The molecule has 2 aromatic rings. The average Bonchev–Trinajstić information content (AvgIpc) is 2.63. The first-order valence-corrected chi connectivity index (χ1v) is 7.93. The van der Waals surface area contributed by atoms with Crippen LogP contribution in [0.15, 0.2) is 48.5 Å². The Morgan fingerprint density at radius 2 is 1.73 bits per heavy atom. The molecule has 0 aliphatic carbocycles. The van der Waals surface area contributed by atoms with E-state index in [1.807, 2.05) is 0 Å². The number of halogens is 1. The van der Waals surface area contributed by atoms with Gasteiger partial charge in [-0.3, -0.25) is 9.59 Å². The molecule has 0 aromatic heterocycles. The Morgan fingerprint density at radius 3 is 2.35 bits per heavy atom. The maximum absolute atomic E-state index is 13.0. The zero-order chi connectivity index (χ0) is 19.1. The molecule has 2 rings (SSSR count). The predicted molar refractivity (Wildman–Crippen MR) is 95.5 cm³/mol. The molecule has 2 aromatic carbocycles. The Balaban J connectivity index is 2.04. The summed E-state index contributed by atoms with van der Waals surface area (Å²) in [5.41, 5.74) is 1.08. The van der Waals surface area contributed by atoms with Crippen LogP contribution in [0.25, 0.3) is 0 Å². The van der Waals surface area contributed by atoms with Gasteiger partial charge >= 0.3 is 5.97 Å². The molecule has 26 heavy (non-hydrogen) atoms. The van der Waals surface area contributed by atoms with Crippen molar-refractivity contribution in [3.05, 3.63) is 59.9 Å². The molecule has 136 valence electrons. The summed E-state index contributed by atoms with van der Waals surface area (Å²) < 4.78 is 17.7. The number of nitrogens with one attached hydrogen (secondary N) is 1. The number of hydrogen-bond donors (Lipinski definition) is 1. The number of rotatable bonds is 6. The van der Waals surface area contributed by atoms with Crippen LogP contribution in [0.1, 0.15) is 23.7 Å². The summed E-state index contributed by atoms with van der Waals surface area (Å²) in [6.07, 6.45) is 0.00641. The van der Waals surface area contributed by atoms with Crippen LogP contribution in [0.2, 0.25) is 0 Å². The first-order valence-electron chi connectivity index (χ1n) is 7.93. The van der Waals surface area contributed by atoms with Gasteiger partial charge in [-0.05, 0) is 36.4 Å². The van der Waals surface area contributed by atoms with Crippen molar-refractivity contribution < 1.29 is 23.5 Å². The van der Waals surface area contributed by atoms with E-state index < -0.39 is 11.8 Å². The Morgan fingerprint density at radius 1 is 1.08 bits per heavy atom. The van der Waals surface area contributed by atoms with Gasteiger partial charge in [-0.15, -0.1) is 0 Å². The minimum atomic E-state index is -0.558. The van der Waals surface area contributed by atoms with Crippen molar-refractivity contribution in [3.8, 4) is 0 Å². The summed E-state index contributed by atoms with van der Waals surface area (Å²) in [7, 11) is 1.26. The third-order valence-corrected chi connectivity index (χ3v) is 3.69. The number of carbonyl (C=O) groups is 3. The van der Waals surface area contributed by atoms with Crippen molar-refractivity contribution in [2.45, 2.75) is 13.3 Å². The molecule has 6 nitrogen and oxygen atoms in total. The van der Waals surface area contributed by atoms with Gasteiger partial charge in [-0.1, -0.05) is 12.1 Å². The Labute approximate surface area is 150 Å². The number of benzene rings is 2. The first-order chi connectivity index (χ1) is 12.4. The highest BCUT2D eigenvalue weighted by atomic mass is 19.1. The number of esters is 1. The molecule has 7 heteroatoms. The molecule has 0 saturated carbocycles. The van der Waals surface area contributed by atoms with Gasteiger partial charge in [0.05, 0.1) is 18.4 Å². The maximum Gasteiger partial charge on any atom is 0.339 e. The van der Waals surface area contributed by atoms with Crippen LogP contribution in [-0.4, -0.2) is 31.4 Å². The molecule has 0 spiro atoms. The largest absolute Gasteiger partial charge is 0.465 e. The highest BCUT2D eigenvalue weighted by molar-refractivity contribution is 6.01. The SMILES string of the molecule is COC(=O)c1ccccc1NC(=O)CCN(C(C)=O)c1ccc(F)cc1. The Bertz CT molecular complexity index is 805. The van der Waals surface area contributed by atoms with Gasteiger partial charge in [0, 0.05) is 25.6 Å². The van der Waals surface area contributed by atoms with E-state index >= 15 is 0 Å². The molecular weight excluding hydrogens is 339 g/mol. The zero-order valence-electron chi connectivity index (χ0n) is 14.5. The Kier molecular flexibility index (Phi) is 6.43. The molecule has 0 fully saturated rings. The number of amides is 2. The van der Waals surface area contributed by atoms with Crippen molar-refractivity contribution in [2.24, 2.45) is 0 Å². The molecule has 0 aliphatic heterocycles. The van der Waals surface area contributed by atoms with Gasteiger partial charge in [0.2, 0.25) is 11.8 Å². The van der Waals surface area contributed by atoms with Crippen molar-refractivity contribution in [3.63, 3.8) is 0 Å². The van der Waals surface area contributed by atoms with E-state index in [0.717, 1.165) is 0 Å². The normalized spacial score (nSPS) is 10.1. The molecular formula is C19H19FN2O4. The summed E-state index contributed by atoms with van der Waals surface area (Å²) in [4.78, 5) is 37.2. The van der Waals surface area contributed by atoms with E-state index in [1.54, 1.807) is 24.3 Å². The first kappa shape index (κ1) is 19.1. The van der Waals surface area contributed by atoms with Crippen LogP contribution in [0.5, 0.6) is 0 Å². The van der Waals surface area contributed by atoms with Gasteiger partial charge in [-0.25, -0.2) is 9.18 Å². The lowest BCUT2D eigenvalue weighted by molar-refractivity contribution is -0.117. The smallest absolute Gasteiger partial charge is 0.339 e. The standard InChI is InChI=1S/C19H19FN2O4/c1-13(23)22(15-9-7-14(20)8-10-15)12-11-18(24)21-17-6-4-3-5-16(17)19(25)26-2/h3-10H,11-12H2,1-2H3,(H,21,24). The van der Waals surface area contributed by atoms with Gasteiger partial charge in [-0.2, -0.15) is 0 Å². The second-order valence-electron chi connectivity index (χ2n) is 5.48. The summed E-state index contributed by atoms with van der Waals surface area (Å²) in [5.74, 6) is -1.60.